The molecule has 1 N–H and O–H groups in total. The molecule has 1 atom stereocenters. The molecule has 0 amide bonds. The Balaban J connectivity index is 1.88. The van der Waals surface area contributed by atoms with Crippen LogP contribution in [-0.4, -0.2) is 19.1 Å². The topological polar surface area (TPSA) is 38.3 Å². The molecule has 1 saturated heterocycles. The van der Waals surface area contributed by atoms with Crippen molar-refractivity contribution in [2.45, 2.75) is 26.4 Å². The van der Waals surface area contributed by atoms with Crippen LogP contribution in [0, 0.1) is 5.41 Å². The molecule has 0 aromatic heterocycles. The van der Waals surface area contributed by atoms with Gasteiger partial charge >= 0.3 is 5.97 Å². The Morgan fingerprint density at radius 1 is 1.41 bits per heavy atom. The van der Waals surface area contributed by atoms with Crippen molar-refractivity contribution < 1.29 is 9.53 Å². The van der Waals surface area contributed by atoms with Crippen molar-refractivity contribution in [2.24, 2.45) is 5.41 Å². The highest BCUT2D eigenvalue weighted by atomic mass is 16.5. The first-order chi connectivity index (χ1) is 8.21. The largest absolute Gasteiger partial charge is 0.460 e. The summed E-state index contributed by atoms with van der Waals surface area (Å²) in [5.41, 5.74) is 0.681. The first-order valence-corrected chi connectivity index (χ1v) is 6.13. The standard InChI is InChI=1S/C14H19NO2/c1-14(8-5-9-15-11-14)13(16)17-10-12-6-3-2-4-7-12/h2-4,6-7,15H,5,8-11H2,1H3. The second-order valence-electron chi connectivity index (χ2n) is 4.90. The molecule has 3 heteroatoms. The molecule has 3 nitrogen and oxygen atoms in total. The average Bonchev–Trinajstić information content (AvgIpc) is 2.38. The van der Waals surface area contributed by atoms with Crippen molar-refractivity contribution in [3.63, 3.8) is 0 Å². The van der Waals surface area contributed by atoms with Crippen LogP contribution in [-0.2, 0) is 16.1 Å². The molecule has 0 bridgehead atoms. The number of nitrogens with one attached hydrogen (secondary N) is 1. The van der Waals surface area contributed by atoms with Gasteiger partial charge in [0.15, 0.2) is 0 Å². The van der Waals surface area contributed by atoms with Crippen LogP contribution in [0.5, 0.6) is 0 Å². The lowest BCUT2D eigenvalue weighted by molar-refractivity contribution is -0.157. The fourth-order valence-corrected chi connectivity index (χ4v) is 2.13. The summed E-state index contributed by atoms with van der Waals surface area (Å²) < 4.78 is 5.39. The van der Waals surface area contributed by atoms with Crippen LogP contribution >= 0.6 is 0 Å². The van der Waals surface area contributed by atoms with Crippen molar-refractivity contribution in [2.75, 3.05) is 13.1 Å². The maximum Gasteiger partial charge on any atom is 0.313 e. The van der Waals surface area contributed by atoms with Gasteiger partial charge in [-0.15, -0.1) is 0 Å². The van der Waals surface area contributed by atoms with E-state index in [0.717, 1.165) is 31.5 Å². The van der Waals surface area contributed by atoms with E-state index in [1.807, 2.05) is 37.3 Å². The van der Waals surface area contributed by atoms with E-state index in [2.05, 4.69) is 5.32 Å². The number of carbonyl (C=O) groups is 1. The fraction of sp³-hybridized carbons (Fsp3) is 0.500. The van der Waals surface area contributed by atoms with E-state index in [1.54, 1.807) is 0 Å². The normalized spacial score (nSPS) is 24.3. The summed E-state index contributed by atoms with van der Waals surface area (Å²) in [4.78, 5) is 12.0. The molecule has 1 unspecified atom stereocenters. The van der Waals surface area contributed by atoms with Gasteiger partial charge in [0.2, 0.25) is 0 Å². The number of hydrogen-bond donors (Lipinski definition) is 1. The Bertz CT molecular complexity index is 369. The van der Waals surface area contributed by atoms with E-state index >= 15 is 0 Å². The second kappa shape index (κ2) is 5.32. The van der Waals surface area contributed by atoms with Crippen LogP contribution in [0.2, 0.25) is 0 Å². The van der Waals surface area contributed by atoms with Gasteiger partial charge < -0.3 is 10.1 Å². The van der Waals surface area contributed by atoms with Crippen LogP contribution < -0.4 is 5.32 Å². The minimum Gasteiger partial charge on any atom is -0.460 e. The second-order valence-corrected chi connectivity index (χ2v) is 4.90. The van der Waals surface area contributed by atoms with E-state index in [0.29, 0.717) is 6.61 Å². The zero-order valence-corrected chi connectivity index (χ0v) is 10.2. The SMILES string of the molecule is CC1(C(=O)OCc2ccccc2)CCCNC1. The van der Waals surface area contributed by atoms with E-state index in [4.69, 9.17) is 4.74 Å². The molecule has 0 aliphatic carbocycles. The van der Waals surface area contributed by atoms with Crippen LogP contribution in [0.25, 0.3) is 0 Å². The molecule has 1 aliphatic rings. The smallest absolute Gasteiger partial charge is 0.313 e. The maximum atomic E-state index is 12.0. The molecule has 0 radical (unpaired) electrons. The highest BCUT2D eigenvalue weighted by molar-refractivity contribution is 5.76. The zero-order chi connectivity index (χ0) is 12.1. The molecule has 17 heavy (non-hydrogen) atoms. The van der Waals surface area contributed by atoms with Crippen molar-refractivity contribution in [1.29, 1.82) is 0 Å². The third-order valence-electron chi connectivity index (χ3n) is 3.30. The van der Waals surface area contributed by atoms with Gasteiger partial charge in [0.1, 0.15) is 6.61 Å². The molecular formula is C14H19NO2. The molecule has 1 aromatic rings. The van der Waals surface area contributed by atoms with Gasteiger partial charge in [-0.2, -0.15) is 0 Å². The molecule has 1 fully saturated rings. The summed E-state index contributed by atoms with van der Waals surface area (Å²) in [6.07, 6.45) is 1.95. The van der Waals surface area contributed by atoms with Gasteiger partial charge in [-0.1, -0.05) is 30.3 Å². The minimum absolute atomic E-state index is 0.0893. The summed E-state index contributed by atoms with van der Waals surface area (Å²) in [5.74, 6) is -0.0893. The third-order valence-corrected chi connectivity index (χ3v) is 3.30. The number of benzene rings is 1. The van der Waals surface area contributed by atoms with Crippen molar-refractivity contribution in [3.8, 4) is 0 Å². The number of ether oxygens (including phenoxy) is 1. The highest BCUT2D eigenvalue weighted by Gasteiger charge is 2.36. The zero-order valence-electron chi connectivity index (χ0n) is 10.2. The molecule has 0 saturated carbocycles. The van der Waals surface area contributed by atoms with E-state index in [9.17, 15) is 4.79 Å². The molecule has 92 valence electrons. The Labute approximate surface area is 102 Å². The average molecular weight is 233 g/mol. The first-order valence-electron chi connectivity index (χ1n) is 6.13. The van der Waals surface area contributed by atoms with E-state index in [1.165, 1.54) is 0 Å². The molecule has 2 rings (SSSR count). The predicted octanol–water partition coefficient (Wildman–Crippen LogP) is 2.12. The summed E-state index contributed by atoms with van der Waals surface area (Å²) in [6, 6.07) is 9.79. The number of rotatable bonds is 3. The molecule has 1 heterocycles. The molecule has 1 aliphatic heterocycles. The summed E-state index contributed by atoms with van der Waals surface area (Å²) in [7, 11) is 0. The number of carbonyl (C=O) groups excluding carboxylic acids is 1. The number of esters is 1. The van der Waals surface area contributed by atoms with E-state index in [-0.39, 0.29) is 11.4 Å². The molecular weight excluding hydrogens is 214 g/mol. The van der Waals surface area contributed by atoms with Gasteiger partial charge in [-0.25, -0.2) is 0 Å². The van der Waals surface area contributed by atoms with Gasteiger partial charge in [0.05, 0.1) is 5.41 Å². The van der Waals surface area contributed by atoms with Crippen molar-refractivity contribution in [3.05, 3.63) is 35.9 Å². The van der Waals surface area contributed by atoms with Crippen LogP contribution in [0.15, 0.2) is 30.3 Å². The summed E-state index contributed by atoms with van der Waals surface area (Å²) in [6.45, 7) is 4.07. The summed E-state index contributed by atoms with van der Waals surface area (Å²) >= 11 is 0. The highest BCUT2D eigenvalue weighted by Crippen LogP contribution is 2.27. The van der Waals surface area contributed by atoms with Gasteiger partial charge in [-0.05, 0) is 31.9 Å². The minimum atomic E-state index is -0.354. The quantitative estimate of drug-likeness (QED) is 0.813. The Hall–Kier alpha value is -1.35. The molecule has 1 aromatic carbocycles. The Morgan fingerprint density at radius 2 is 2.18 bits per heavy atom. The lowest BCUT2D eigenvalue weighted by atomic mass is 9.83. The summed E-state index contributed by atoms with van der Waals surface area (Å²) in [5, 5.41) is 3.25. The fourth-order valence-electron chi connectivity index (χ4n) is 2.13. The van der Waals surface area contributed by atoms with Gasteiger partial charge in [-0.3, -0.25) is 4.79 Å². The van der Waals surface area contributed by atoms with Gasteiger partial charge in [0, 0.05) is 6.54 Å². The predicted molar refractivity (Wildman–Crippen MR) is 66.4 cm³/mol. The Kier molecular flexibility index (Phi) is 3.79. The lowest BCUT2D eigenvalue weighted by Crippen LogP contribution is -2.44. The Morgan fingerprint density at radius 3 is 2.82 bits per heavy atom. The monoisotopic (exact) mass is 233 g/mol. The number of hydrogen-bond acceptors (Lipinski definition) is 3. The lowest BCUT2D eigenvalue weighted by Gasteiger charge is -2.31. The van der Waals surface area contributed by atoms with Crippen molar-refractivity contribution >= 4 is 5.97 Å². The van der Waals surface area contributed by atoms with Crippen molar-refractivity contribution in [1.82, 2.24) is 5.32 Å². The maximum absolute atomic E-state index is 12.0. The van der Waals surface area contributed by atoms with Crippen LogP contribution in [0.4, 0.5) is 0 Å². The number of piperidine rings is 1. The van der Waals surface area contributed by atoms with Gasteiger partial charge in [0.25, 0.3) is 0 Å². The third kappa shape index (κ3) is 3.07. The van der Waals surface area contributed by atoms with Crippen LogP contribution in [0.1, 0.15) is 25.3 Å². The first kappa shape index (κ1) is 12.1. The van der Waals surface area contributed by atoms with Crippen LogP contribution in [0.3, 0.4) is 0 Å². The molecule has 0 spiro atoms. The van der Waals surface area contributed by atoms with E-state index < -0.39 is 0 Å².